The Balaban J connectivity index is 1.72. The Morgan fingerprint density at radius 1 is 1.06 bits per heavy atom. The molecule has 2 aliphatic heterocycles. The third-order valence-corrected chi connectivity index (χ3v) is 7.94. The first-order valence-corrected chi connectivity index (χ1v) is 13.4. The van der Waals surface area contributed by atoms with Gasteiger partial charge < -0.3 is 24.6 Å². The lowest BCUT2D eigenvalue weighted by molar-refractivity contribution is 0.0683. The Morgan fingerprint density at radius 3 is 2.51 bits per heavy atom. The molecule has 190 valence electrons. The number of amides is 1. The molecule has 2 aromatic carbocycles. The molecule has 0 radical (unpaired) electrons. The van der Waals surface area contributed by atoms with Crippen LogP contribution in [0.1, 0.15) is 30.1 Å². The van der Waals surface area contributed by atoms with Crippen LogP contribution in [0.15, 0.2) is 41.3 Å². The van der Waals surface area contributed by atoms with Crippen LogP contribution >= 0.6 is 0 Å². The molecule has 0 spiro atoms. The van der Waals surface area contributed by atoms with Crippen LogP contribution in [-0.4, -0.2) is 72.7 Å². The molecular weight excluding hydrogens is 468 g/mol. The van der Waals surface area contributed by atoms with E-state index in [0.29, 0.717) is 36.0 Å². The van der Waals surface area contributed by atoms with Gasteiger partial charge in [0.05, 0.1) is 25.6 Å². The molecule has 2 N–H and O–H groups in total. The average Bonchev–Trinajstić information content (AvgIpc) is 2.88. The van der Waals surface area contributed by atoms with E-state index in [-0.39, 0.29) is 16.6 Å². The minimum absolute atomic E-state index is 0.0350. The van der Waals surface area contributed by atoms with Crippen molar-refractivity contribution in [1.82, 2.24) is 10.2 Å². The number of nitrogens with zero attached hydrogens (tertiary/aromatic N) is 2. The number of carbonyl (C=O) groups excluding carboxylic acids is 1. The number of methoxy groups -OCH3 is 2. The maximum absolute atomic E-state index is 13.5. The number of sulfonamides is 1. The number of hydrogen-bond acceptors (Lipinski definition) is 7. The zero-order chi connectivity index (χ0) is 25.0. The first-order chi connectivity index (χ1) is 16.8. The van der Waals surface area contributed by atoms with Gasteiger partial charge >= 0.3 is 0 Å². The summed E-state index contributed by atoms with van der Waals surface area (Å²) in [6.07, 6.45) is 2.08. The fraction of sp³-hybridized carbons (Fsp3) is 0.480. The van der Waals surface area contributed by atoms with Gasteiger partial charge in [0, 0.05) is 50.9 Å². The summed E-state index contributed by atoms with van der Waals surface area (Å²) in [6.45, 7) is 6.62. The van der Waals surface area contributed by atoms with Crippen molar-refractivity contribution in [2.75, 3.05) is 63.1 Å². The van der Waals surface area contributed by atoms with Crippen molar-refractivity contribution in [1.29, 1.82) is 0 Å². The summed E-state index contributed by atoms with van der Waals surface area (Å²) >= 11 is 0. The second-order valence-corrected chi connectivity index (χ2v) is 10.7. The van der Waals surface area contributed by atoms with Gasteiger partial charge in [0.2, 0.25) is 0 Å². The van der Waals surface area contributed by atoms with E-state index in [9.17, 15) is 13.2 Å². The maximum atomic E-state index is 13.5. The number of anilines is 2. The van der Waals surface area contributed by atoms with Crippen molar-refractivity contribution >= 4 is 27.3 Å². The summed E-state index contributed by atoms with van der Waals surface area (Å²) in [5.41, 5.74) is 1.57. The van der Waals surface area contributed by atoms with E-state index in [1.807, 2.05) is 11.0 Å². The SMILES string of the molecule is COc1ccc(OC)c(S(=O)(=O)Nc2cc(C(=O)N3CCC[C@@H](C)C3)ccc2N2CCNCC2)c1. The minimum Gasteiger partial charge on any atom is -0.497 e. The third kappa shape index (κ3) is 5.65. The Labute approximate surface area is 207 Å². The fourth-order valence-electron chi connectivity index (χ4n) is 4.68. The molecule has 1 amide bonds. The van der Waals surface area contributed by atoms with E-state index >= 15 is 0 Å². The van der Waals surface area contributed by atoms with Gasteiger partial charge in [0.25, 0.3) is 15.9 Å². The number of benzene rings is 2. The number of rotatable bonds is 7. The van der Waals surface area contributed by atoms with Crippen LogP contribution in [0.4, 0.5) is 11.4 Å². The molecule has 0 unspecified atom stereocenters. The fourth-order valence-corrected chi connectivity index (χ4v) is 5.93. The standard InChI is InChI=1S/C25H34N4O5S/c1-18-5-4-12-29(17-18)25(30)19-6-8-22(28-13-10-26-11-14-28)21(15-19)27-35(31,32)24-16-20(33-2)7-9-23(24)34-3/h6-9,15-16,18,26-27H,4-5,10-14,17H2,1-3H3/t18-/m1/s1. The van der Waals surface area contributed by atoms with Crippen molar-refractivity contribution in [2.45, 2.75) is 24.7 Å². The molecule has 9 nitrogen and oxygen atoms in total. The molecule has 0 bridgehead atoms. The van der Waals surface area contributed by atoms with E-state index in [2.05, 4.69) is 21.9 Å². The summed E-state index contributed by atoms with van der Waals surface area (Å²) in [7, 11) is -1.15. The largest absolute Gasteiger partial charge is 0.497 e. The lowest BCUT2D eigenvalue weighted by Gasteiger charge is -2.33. The molecule has 10 heteroatoms. The van der Waals surface area contributed by atoms with Crippen LogP contribution < -0.4 is 24.4 Å². The topological polar surface area (TPSA) is 100 Å². The summed E-state index contributed by atoms with van der Waals surface area (Å²) in [5.74, 6) is 0.974. The van der Waals surface area contributed by atoms with Crippen LogP contribution in [0, 0.1) is 5.92 Å². The highest BCUT2D eigenvalue weighted by molar-refractivity contribution is 7.92. The highest BCUT2D eigenvalue weighted by Gasteiger charge is 2.27. The van der Waals surface area contributed by atoms with Crippen molar-refractivity contribution in [3.8, 4) is 11.5 Å². The quantitative estimate of drug-likeness (QED) is 0.601. The number of ether oxygens (including phenoxy) is 2. The Kier molecular flexibility index (Phi) is 7.71. The molecule has 2 aliphatic rings. The van der Waals surface area contributed by atoms with Crippen molar-refractivity contribution in [2.24, 2.45) is 5.92 Å². The number of piperidine rings is 1. The number of piperazine rings is 1. The zero-order valence-electron chi connectivity index (χ0n) is 20.5. The lowest BCUT2D eigenvalue weighted by Crippen LogP contribution is -2.44. The second kappa shape index (κ2) is 10.7. The van der Waals surface area contributed by atoms with E-state index in [4.69, 9.17) is 9.47 Å². The molecule has 0 saturated carbocycles. The number of carbonyl (C=O) groups is 1. The molecule has 0 aliphatic carbocycles. The molecule has 2 fully saturated rings. The predicted molar refractivity (Wildman–Crippen MR) is 136 cm³/mol. The highest BCUT2D eigenvalue weighted by Crippen LogP contribution is 2.34. The molecule has 0 aromatic heterocycles. The molecule has 2 aromatic rings. The molecular formula is C25H34N4O5S. The first kappa shape index (κ1) is 25.1. The van der Waals surface area contributed by atoms with E-state index in [1.54, 1.807) is 24.3 Å². The van der Waals surface area contributed by atoms with E-state index in [0.717, 1.165) is 44.7 Å². The Bertz CT molecular complexity index is 1160. The molecule has 4 rings (SSSR count). The lowest BCUT2D eigenvalue weighted by atomic mass is 9.99. The van der Waals surface area contributed by atoms with Gasteiger partial charge in [-0.25, -0.2) is 8.42 Å². The Morgan fingerprint density at radius 2 is 1.83 bits per heavy atom. The van der Waals surface area contributed by atoms with Gasteiger partial charge in [-0.3, -0.25) is 9.52 Å². The average molecular weight is 503 g/mol. The van der Waals surface area contributed by atoms with Crippen molar-refractivity contribution in [3.63, 3.8) is 0 Å². The van der Waals surface area contributed by atoms with Gasteiger partial charge in [-0.2, -0.15) is 0 Å². The summed E-state index contributed by atoms with van der Waals surface area (Å²) in [4.78, 5) is 17.2. The minimum atomic E-state index is -4.05. The molecule has 35 heavy (non-hydrogen) atoms. The normalized spacial score (nSPS) is 18.8. The monoisotopic (exact) mass is 502 g/mol. The van der Waals surface area contributed by atoms with Crippen LogP contribution in [-0.2, 0) is 10.0 Å². The summed E-state index contributed by atoms with van der Waals surface area (Å²) < 4.78 is 40.4. The second-order valence-electron chi connectivity index (χ2n) is 9.09. The smallest absolute Gasteiger partial charge is 0.265 e. The zero-order valence-corrected chi connectivity index (χ0v) is 21.4. The molecule has 2 saturated heterocycles. The number of nitrogens with one attached hydrogen (secondary N) is 2. The predicted octanol–water partition coefficient (Wildman–Crippen LogP) is 2.79. The molecule has 1 atom stereocenters. The van der Waals surface area contributed by atoms with Gasteiger partial charge in [0.15, 0.2) is 0 Å². The number of likely N-dealkylation sites (tertiary alicyclic amines) is 1. The maximum Gasteiger partial charge on any atom is 0.265 e. The van der Waals surface area contributed by atoms with Crippen molar-refractivity contribution < 1.29 is 22.7 Å². The Hall–Kier alpha value is -2.98. The van der Waals surface area contributed by atoms with Gasteiger partial charge in [-0.15, -0.1) is 0 Å². The van der Waals surface area contributed by atoms with Gasteiger partial charge in [-0.1, -0.05) is 6.92 Å². The first-order valence-electron chi connectivity index (χ1n) is 12.0. The molecule has 2 heterocycles. The van der Waals surface area contributed by atoms with E-state index in [1.165, 1.54) is 20.3 Å². The van der Waals surface area contributed by atoms with Crippen LogP contribution in [0.3, 0.4) is 0 Å². The van der Waals surface area contributed by atoms with E-state index < -0.39 is 10.0 Å². The highest BCUT2D eigenvalue weighted by atomic mass is 32.2. The summed E-state index contributed by atoms with van der Waals surface area (Å²) in [6, 6.07) is 9.92. The van der Waals surface area contributed by atoms with Crippen LogP contribution in [0.25, 0.3) is 0 Å². The van der Waals surface area contributed by atoms with Crippen LogP contribution in [0.5, 0.6) is 11.5 Å². The van der Waals surface area contributed by atoms with Gasteiger partial charge in [-0.05, 0) is 49.1 Å². The summed E-state index contributed by atoms with van der Waals surface area (Å²) in [5, 5.41) is 3.31. The van der Waals surface area contributed by atoms with Gasteiger partial charge in [0.1, 0.15) is 16.4 Å². The van der Waals surface area contributed by atoms with Crippen molar-refractivity contribution in [3.05, 3.63) is 42.0 Å². The number of hydrogen-bond donors (Lipinski definition) is 2. The third-order valence-electron chi connectivity index (χ3n) is 6.55. The van der Waals surface area contributed by atoms with Crippen LogP contribution in [0.2, 0.25) is 0 Å².